The van der Waals surface area contributed by atoms with E-state index in [-0.39, 0.29) is 23.4 Å². The first-order chi connectivity index (χ1) is 13.6. The highest BCUT2D eigenvalue weighted by atomic mass is 16.2. The molecule has 1 aliphatic carbocycles. The van der Waals surface area contributed by atoms with Crippen LogP contribution in [0.2, 0.25) is 0 Å². The van der Waals surface area contributed by atoms with Crippen LogP contribution >= 0.6 is 0 Å². The number of aromatic amines is 1. The Morgan fingerprint density at radius 1 is 1.14 bits per heavy atom. The molecule has 2 amide bonds. The van der Waals surface area contributed by atoms with Crippen molar-refractivity contribution in [1.29, 1.82) is 0 Å². The van der Waals surface area contributed by atoms with E-state index in [1.54, 1.807) is 0 Å². The van der Waals surface area contributed by atoms with Gasteiger partial charge in [0.15, 0.2) is 0 Å². The molecular formula is C21H20N4O3. The summed E-state index contributed by atoms with van der Waals surface area (Å²) in [5, 5.41) is 10.9. The molecule has 0 fully saturated rings. The Labute approximate surface area is 161 Å². The van der Waals surface area contributed by atoms with Crippen LogP contribution in [0.3, 0.4) is 0 Å². The molecule has 2 aromatic rings. The Morgan fingerprint density at radius 3 is 2.82 bits per heavy atom. The molecule has 7 nitrogen and oxygen atoms in total. The number of hydrogen-bond donors (Lipinski definition) is 2. The average Bonchev–Trinajstić information content (AvgIpc) is 2.71. The fraction of sp³-hybridized carbons (Fsp3) is 0.286. The standard InChI is InChI=1S/C21H20N4O3/c26-19-9-8-14(12-22-19)20(27)23-15-5-3-4-13(10-15)11-18-16-6-1-2-7-17(16)21(28)25-24-18/h3-5,8-10,12,18H,1-2,6-7,11H2,(H,22,26)(H,23,27). The Morgan fingerprint density at radius 2 is 2.00 bits per heavy atom. The number of aromatic nitrogens is 1. The maximum absolute atomic E-state index is 12.3. The zero-order valence-corrected chi connectivity index (χ0v) is 15.3. The predicted octanol–water partition coefficient (Wildman–Crippen LogP) is 3.40. The lowest BCUT2D eigenvalue weighted by Gasteiger charge is -2.25. The van der Waals surface area contributed by atoms with Crippen molar-refractivity contribution in [1.82, 2.24) is 4.98 Å². The second kappa shape index (κ2) is 7.72. The van der Waals surface area contributed by atoms with Gasteiger partial charge < -0.3 is 10.3 Å². The number of hydrogen-bond acceptors (Lipinski definition) is 4. The first-order valence-corrected chi connectivity index (χ1v) is 9.36. The van der Waals surface area contributed by atoms with Gasteiger partial charge in [-0.15, -0.1) is 5.11 Å². The minimum absolute atomic E-state index is 0.113. The van der Waals surface area contributed by atoms with Crippen LogP contribution in [0.1, 0.15) is 41.6 Å². The highest BCUT2D eigenvalue weighted by Gasteiger charge is 2.28. The van der Waals surface area contributed by atoms with Gasteiger partial charge in [-0.1, -0.05) is 12.1 Å². The Bertz CT molecular complexity index is 1030. The number of azo groups is 1. The summed E-state index contributed by atoms with van der Waals surface area (Å²) in [6.45, 7) is 0. The second-order valence-electron chi connectivity index (χ2n) is 7.05. The van der Waals surface area contributed by atoms with Gasteiger partial charge in [0.05, 0.1) is 11.6 Å². The smallest absolute Gasteiger partial charge is 0.291 e. The fourth-order valence-corrected chi connectivity index (χ4v) is 3.71. The van der Waals surface area contributed by atoms with E-state index in [0.29, 0.717) is 17.7 Å². The number of nitrogens with zero attached hydrogens (tertiary/aromatic N) is 2. The van der Waals surface area contributed by atoms with Crippen LogP contribution < -0.4 is 10.9 Å². The first kappa shape index (κ1) is 18.0. The third-order valence-corrected chi connectivity index (χ3v) is 5.12. The van der Waals surface area contributed by atoms with Gasteiger partial charge >= 0.3 is 0 Å². The van der Waals surface area contributed by atoms with Gasteiger partial charge in [-0.2, -0.15) is 5.11 Å². The Hall–Kier alpha value is -3.35. The van der Waals surface area contributed by atoms with Gasteiger partial charge in [0, 0.05) is 29.9 Å². The molecule has 4 rings (SSSR count). The first-order valence-electron chi connectivity index (χ1n) is 9.36. The minimum atomic E-state index is -0.298. The molecule has 0 radical (unpaired) electrons. The number of benzene rings is 1. The van der Waals surface area contributed by atoms with Crippen molar-refractivity contribution < 1.29 is 9.59 Å². The maximum atomic E-state index is 12.3. The number of nitrogens with one attached hydrogen (secondary N) is 2. The third kappa shape index (κ3) is 3.83. The summed E-state index contributed by atoms with van der Waals surface area (Å²) >= 11 is 0. The zero-order chi connectivity index (χ0) is 19.5. The van der Waals surface area contributed by atoms with Gasteiger partial charge in [0.1, 0.15) is 0 Å². The van der Waals surface area contributed by atoms with Gasteiger partial charge in [-0.25, -0.2) is 0 Å². The lowest BCUT2D eigenvalue weighted by Crippen LogP contribution is -2.23. The quantitative estimate of drug-likeness (QED) is 0.854. The summed E-state index contributed by atoms with van der Waals surface area (Å²) in [5.41, 5.74) is 3.75. The minimum Gasteiger partial charge on any atom is -0.328 e. The molecule has 2 heterocycles. The summed E-state index contributed by atoms with van der Waals surface area (Å²) in [6, 6.07) is 10.2. The molecule has 2 N–H and O–H groups in total. The summed E-state index contributed by atoms with van der Waals surface area (Å²) in [4.78, 5) is 37.9. The van der Waals surface area contributed by atoms with Gasteiger partial charge in [-0.3, -0.25) is 14.4 Å². The molecule has 1 unspecified atom stereocenters. The average molecular weight is 376 g/mol. The molecule has 142 valence electrons. The number of rotatable bonds is 4. The summed E-state index contributed by atoms with van der Waals surface area (Å²) < 4.78 is 0. The topological polar surface area (TPSA) is 104 Å². The van der Waals surface area contributed by atoms with E-state index < -0.39 is 0 Å². The van der Waals surface area contributed by atoms with Crippen LogP contribution in [-0.4, -0.2) is 22.8 Å². The number of carbonyl (C=O) groups excluding carboxylic acids is 2. The largest absolute Gasteiger partial charge is 0.328 e. The van der Waals surface area contributed by atoms with E-state index in [9.17, 15) is 14.4 Å². The number of amides is 2. The van der Waals surface area contributed by atoms with E-state index in [2.05, 4.69) is 20.5 Å². The highest BCUT2D eigenvalue weighted by molar-refractivity contribution is 6.04. The molecule has 1 aromatic carbocycles. The van der Waals surface area contributed by atoms with Crippen molar-refractivity contribution in [3.8, 4) is 0 Å². The molecule has 1 atom stereocenters. The molecule has 2 aliphatic rings. The molecular weight excluding hydrogens is 356 g/mol. The van der Waals surface area contributed by atoms with Crippen molar-refractivity contribution in [2.24, 2.45) is 10.2 Å². The fourth-order valence-electron chi connectivity index (χ4n) is 3.71. The van der Waals surface area contributed by atoms with Crippen LogP contribution in [0.15, 0.2) is 68.8 Å². The van der Waals surface area contributed by atoms with Crippen molar-refractivity contribution in [2.75, 3.05) is 5.32 Å². The van der Waals surface area contributed by atoms with Crippen LogP contribution in [0, 0.1) is 0 Å². The lowest BCUT2D eigenvalue weighted by molar-refractivity contribution is -0.115. The zero-order valence-electron chi connectivity index (χ0n) is 15.3. The van der Waals surface area contributed by atoms with Crippen LogP contribution in [-0.2, 0) is 11.2 Å². The van der Waals surface area contributed by atoms with Crippen LogP contribution in [0.5, 0.6) is 0 Å². The van der Waals surface area contributed by atoms with Crippen molar-refractivity contribution >= 4 is 17.5 Å². The van der Waals surface area contributed by atoms with Gasteiger partial charge in [-0.05, 0) is 55.0 Å². The Balaban J connectivity index is 1.49. The summed E-state index contributed by atoms with van der Waals surface area (Å²) in [5.74, 6) is -0.485. The molecule has 0 saturated carbocycles. The molecule has 0 spiro atoms. The van der Waals surface area contributed by atoms with Gasteiger partial charge in [0.2, 0.25) is 5.56 Å². The Kier molecular flexibility index (Phi) is 4.97. The highest BCUT2D eigenvalue weighted by Crippen LogP contribution is 2.33. The molecule has 28 heavy (non-hydrogen) atoms. The second-order valence-corrected chi connectivity index (χ2v) is 7.05. The SMILES string of the molecule is O=C1N=NC(Cc2cccc(NC(=O)c3ccc(=O)[nH]c3)c2)C2=C1CCCC2. The molecule has 7 heteroatoms. The van der Waals surface area contributed by atoms with E-state index in [1.807, 2.05) is 24.3 Å². The van der Waals surface area contributed by atoms with Crippen LogP contribution in [0.25, 0.3) is 0 Å². The molecule has 1 aromatic heterocycles. The van der Waals surface area contributed by atoms with E-state index in [1.165, 1.54) is 18.3 Å². The normalized spacial score (nSPS) is 18.7. The number of anilines is 1. The van der Waals surface area contributed by atoms with Crippen molar-refractivity contribution in [3.63, 3.8) is 0 Å². The number of carbonyl (C=O) groups is 2. The van der Waals surface area contributed by atoms with Crippen molar-refractivity contribution in [2.45, 2.75) is 38.1 Å². The molecule has 0 bridgehead atoms. The van der Waals surface area contributed by atoms with Gasteiger partial charge in [0.25, 0.3) is 11.8 Å². The summed E-state index contributed by atoms with van der Waals surface area (Å²) in [7, 11) is 0. The number of pyridine rings is 1. The predicted molar refractivity (Wildman–Crippen MR) is 104 cm³/mol. The number of H-pyrrole nitrogens is 1. The summed E-state index contributed by atoms with van der Waals surface area (Å²) in [6.07, 6.45) is 5.81. The van der Waals surface area contributed by atoms with E-state index >= 15 is 0 Å². The van der Waals surface area contributed by atoms with E-state index in [0.717, 1.165) is 42.4 Å². The third-order valence-electron chi connectivity index (χ3n) is 5.12. The maximum Gasteiger partial charge on any atom is 0.291 e. The van der Waals surface area contributed by atoms with Crippen molar-refractivity contribution in [3.05, 3.63) is 75.2 Å². The molecule has 0 saturated heterocycles. The lowest BCUT2D eigenvalue weighted by atomic mass is 9.84. The molecule has 1 aliphatic heterocycles. The monoisotopic (exact) mass is 376 g/mol. The van der Waals surface area contributed by atoms with E-state index in [4.69, 9.17) is 0 Å². The van der Waals surface area contributed by atoms with Crippen LogP contribution in [0.4, 0.5) is 5.69 Å².